The van der Waals surface area contributed by atoms with Crippen molar-refractivity contribution < 1.29 is 17.9 Å². The predicted molar refractivity (Wildman–Crippen MR) is 135 cm³/mol. The quantitative estimate of drug-likeness (QED) is 0.398. The minimum absolute atomic E-state index is 0.0541. The highest BCUT2D eigenvalue weighted by atomic mass is 35.5. The van der Waals surface area contributed by atoms with Gasteiger partial charge in [-0.1, -0.05) is 37.8 Å². The molecule has 1 aromatic rings. The minimum Gasteiger partial charge on any atom is -0.404 e. The Morgan fingerprint density at radius 3 is 2.58 bits per heavy atom. The van der Waals surface area contributed by atoms with Crippen LogP contribution in [0.25, 0.3) is 0 Å². The lowest BCUT2D eigenvalue weighted by molar-refractivity contribution is -0.274. The van der Waals surface area contributed by atoms with Crippen molar-refractivity contribution in [1.29, 1.82) is 0 Å². The Labute approximate surface area is 215 Å². The molecule has 0 spiro atoms. The lowest BCUT2D eigenvalue weighted by atomic mass is 9.89. The number of nitrogens with one attached hydrogen (secondary N) is 2. The number of nitrogens with two attached hydrogens (primary N) is 2. The Kier molecular flexibility index (Phi) is 8.75. The lowest BCUT2D eigenvalue weighted by Gasteiger charge is -2.51. The fourth-order valence-electron chi connectivity index (χ4n) is 5.75. The molecule has 12 heteroatoms. The molecule has 8 nitrogen and oxygen atoms in total. The molecule has 3 aliphatic rings. The summed E-state index contributed by atoms with van der Waals surface area (Å²) in [5.74, 6) is 0.388. The highest BCUT2D eigenvalue weighted by Crippen LogP contribution is 2.34. The van der Waals surface area contributed by atoms with Gasteiger partial charge in [-0.05, 0) is 62.8 Å². The van der Waals surface area contributed by atoms with Crippen molar-refractivity contribution in [1.82, 2.24) is 15.1 Å². The number of hydrogen-bond acceptors (Lipinski definition) is 8. The number of hydrogen-bond donors (Lipinski definition) is 4. The van der Waals surface area contributed by atoms with Gasteiger partial charge in [-0.2, -0.15) is 0 Å². The standard InChI is InChI=1S/C24H37ClF3N7O/c1-2-19(18-9-6-12-31-18)35-22(30)33-21(29)34(14-15-7-4-3-5-8-15)23(35)32-16-10-11-20(17(25)13-16)36-24(26,27)28/h10-11,13,15,18-19,21,23,31-32H,2-9,12,14,29H2,1H3,(H2,30,33). The maximum absolute atomic E-state index is 12.7. The third kappa shape index (κ3) is 6.48. The molecule has 0 amide bonds. The number of benzene rings is 1. The largest absolute Gasteiger partial charge is 0.573 e. The average molecular weight is 532 g/mol. The van der Waals surface area contributed by atoms with E-state index >= 15 is 0 Å². The molecule has 36 heavy (non-hydrogen) atoms. The van der Waals surface area contributed by atoms with Gasteiger partial charge in [0.25, 0.3) is 0 Å². The van der Waals surface area contributed by atoms with Crippen LogP contribution in [0.4, 0.5) is 18.9 Å². The number of guanidine groups is 1. The van der Waals surface area contributed by atoms with Gasteiger partial charge in [0.05, 0.1) is 11.1 Å². The van der Waals surface area contributed by atoms with Crippen LogP contribution in [0.1, 0.15) is 58.3 Å². The second-order valence-corrected chi connectivity index (χ2v) is 10.3. The number of alkyl halides is 3. The van der Waals surface area contributed by atoms with Crippen LogP contribution in [-0.4, -0.2) is 59.9 Å². The van der Waals surface area contributed by atoms with E-state index in [0.717, 1.165) is 45.2 Å². The molecule has 0 bridgehead atoms. The van der Waals surface area contributed by atoms with E-state index in [1.54, 1.807) is 0 Å². The molecule has 0 aromatic heterocycles. The fourth-order valence-corrected chi connectivity index (χ4v) is 5.97. The zero-order valence-corrected chi connectivity index (χ0v) is 21.4. The summed E-state index contributed by atoms with van der Waals surface area (Å²) in [6.45, 7) is 3.81. The van der Waals surface area contributed by atoms with Crippen molar-refractivity contribution in [3.05, 3.63) is 23.2 Å². The summed E-state index contributed by atoms with van der Waals surface area (Å²) >= 11 is 6.16. The van der Waals surface area contributed by atoms with Gasteiger partial charge < -0.3 is 26.0 Å². The number of anilines is 1. The van der Waals surface area contributed by atoms with E-state index in [0.29, 0.717) is 17.6 Å². The first-order chi connectivity index (χ1) is 17.2. The molecule has 6 N–H and O–H groups in total. The van der Waals surface area contributed by atoms with E-state index in [2.05, 4.69) is 37.1 Å². The second kappa shape index (κ2) is 11.6. The van der Waals surface area contributed by atoms with E-state index in [1.165, 1.54) is 37.5 Å². The normalized spacial score (nSPS) is 27.1. The second-order valence-electron chi connectivity index (χ2n) is 9.90. The molecule has 1 aliphatic carbocycles. The molecule has 1 saturated carbocycles. The first kappa shape index (κ1) is 27.1. The summed E-state index contributed by atoms with van der Waals surface area (Å²) in [7, 11) is 0. The predicted octanol–water partition coefficient (Wildman–Crippen LogP) is 4.22. The van der Waals surface area contributed by atoms with E-state index < -0.39 is 24.7 Å². The number of aliphatic imine (C=N–C) groups is 1. The molecule has 4 unspecified atom stereocenters. The number of rotatable bonds is 8. The SMILES string of the molecule is CCC(C1CCCN1)N1C(N)=NC(N)N(CC2CCCCC2)C1Nc1ccc(OC(F)(F)F)c(Cl)c1. The first-order valence-corrected chi connectivity index (χ1v) is 13.2. The molecule has 202 valence electrons. The van der Waals surface area contributed by atoms with Crippen LogP contribution in [0.15, 0.2) is 23.2 Å². The Bertz CT molecular complexity index is 906. The third-order valence-corrected chi connectivity index (χ3v) is 7.73. The van der Waals surface area contributed by atoms with Gasteiger partial charge in [0, 0.05) is 18.3 Å². The molecule has 0 radical (unpaired) electrons. The summed E-state index contributed by atoms with van der Waals surface area (Å²) in [6, 6.07) is 4.46. The van der Waals surface area contributed by atoms with Crippen LogP contribution in [0.5, 0.6) is 5.75 Å². The number of halogens is 4. The Morgan fingerprint density at radius 2 is 1.97 bits per heavy atom. The van der Waals surface area contributed by atoms with Crippen molar-refractivity contribution in [2.45, 2.75) is 89.3 Å². The van der Waals surface area contributed by atoms with Crippen molar-refractivity contribution in [3.8, 4) is 5.75 Å². The zero-order chi connectivity index (χ0) is 25.9. The molecular formula is C24H37ClF3N7O. The minimum atomic E-state index is -4.82. The number of ether oxygens (including phenoxy) is 1. The van der Waals surface area contributed by atoms with E-state index in [9.17, 15) is 13.2 Å². The molecule has 1 saturated heterocycles. The van der Waals surface area contributed by atoms with Gasteiger partial charge in [0.15, 0.2) is 18.5 Å². The summed E-state index contributed by atoms with van der Waals surface area (Å²) in [4.78, 5) is 8.78. The molecule has 2 aliphatic heterocycles. The molecule has 2 heterocycles. The van der Waals surface area contributed by atoms with Crippen LogP contribution in [0.2, 0.25) is 5.02 Å². The van der Waals surface area contributed by atoms with Crippen LogP contribution in [0.3, 0.4) is 0 Å². The van der Waals surface area contributed by atoms with Crippen LogP contribution in [-0.2, 0) is 0 Å². The fraction of sp³-hybridized carbons (Fsp3) is 0.708. The summed E-state index contributed by atoms with van der Waals surface area (Å²) in [5.41, 5.74) is 13.6. The molecule has 1 aromatic carbocycles. The van der Waals surface area contributed by atoms with Crippen LogP contribution in [0, 0.1) is 5.92 Å². The monoisotopic (exact) mass is 531 g/mol. The lowest BCUT2D eigenvalue weighted by Crippen LogP contribution is -2.70. The van der Waals surface area contributed by atoms with Gasteiger partial charge in [0.2, 0.25) is 0 Å². The van der Waals surface area contributed by atoms with Crippen LogP contribution >= 0.6 is 11.6 Å². The first-order valence-electron chi connectivity index (χ1n) is 12.8. The van der Waals surface area contributed by atoms with Gasteiger partial charge >= 0.3 is 6.36 Å². The summed E-state index contributed by atoms with van der Waals surface area (Å²) in [5, 5.41) is 6.90. The van der Waals surface area contributed by atoms with Gasteiger partial charge in [-0.3, -0.25) is 5.73 Å². The van der Waals surface area contributed by atoms with Crippen molar-refractivity contribution in [3.63, 3.8) is 0 Å². The Hall–Kier alpha value is -1.95. The third-order valence-electron chi connectivity index (χ3n) is 7.43. The van der Waals surface area contributed by atoms with Crippen molar-refractivity contribution in [2.24, 2.45) is 22.4 Å². The van der Waals surface area contributed by atoms with E-state index in [-0.39, 0.29) is 17.1 Å². The van der Waals surface area contributed by atoms with Crippen LogP contribution < -0.4 is 26.8 Å². The van der Waals surface area contributed by atoms with E-state index in [1.807, 2.05) is 0 Å². The average Bonchev–Trinajstić information content (AvgIpc) is 3.35. The van der Waals surface area contributed by atoms with Crippen molar-refractivity contribution in [2.75, 3.05) is 18.4 Å². The van der Waals surface area contributed by atoms with E-state index in [4.69, 9.17) is 23.1 Å². The maximum Gasteiger partial charge on any atom is 0.573 e. The Balaban J connectivity index is 1.65. The zero-order valence-electron chi connectivity index (χ0n) is 20.6. The molecule has 4 atom stereocenters. The van der Waals surface area contributed by atoms with Crippen molar-refractivity contribution >= 4 is 23.2 Å². The Morgan fingerprint density at radius 1 is 1.22 bits per heavy atom. The highest BCUT2D eigenvalue weighted by Gasteiger charge is 2.42. The smallest absolute Gasteiger partial charge is 0.404 e. The molecule has 4 rings (SSSR count). The number of nitrogens with zero attached hydrogens (tertiary/aromatic N) is 3. The molecular weight excluding hydrogens is 495 g/mol. The highest BCUT2D eigenvalue weighted by molar-refractivity contribution is 6.32. The topological polar surface area (TPSA) is 104 Å². The molecule has 2 fully saturated rings. The van der Waals surface area contributed by atoms with Gasteiger partial charge in [-0.25, -0.2) is 9.89 Å². The summed E-state index contributed by atoms with van der Waals surface area (Å²) < 4.78 is 42.2. The van der Waals surface area contributed by atoms with Gasteiger partial charge in [0.1, 0.15) is 5.75 Å². The summed E-state index contributed by atoms with van der Waals surface area (Å²) in [6.07, 6.45) is 2.94. The van der Waals surface area contributed by atoms with Gasteiger partial charge in [-0.15, -0.1) is 13.2 Å². The maximum atomic E-state index is 12.7.